The molecule has 1 N–H and O–H groups in total. The quantitative estimate of drug-likeness (QED) is 0.407. The lowest BCUT2D eigenvalue weighted by atomic mass is 10.1. The van der Waals surface area contributed by atoms with E-state index in [1.54, 1.807) is 12.2 Å². The molecule has 1 fully saturated rings. The van der Waals surface area contributed by atoms with Crippen molar-refractivity contribution in [3.05, 3.63) is 86.8 Å². The first-order valence-corrected chi connectivity index (χ1v) is 9.79. The summed E-state index contributed by atoms with van der Waals surface area (Å²) in [6, 6.07) is 14.2. The van der Waals surface area contributed by atoms with Crippen LogP contribution in [0.25, 0.3) is 0 Å². The third-order valence-electron chi connectivity index (χ3n) is 4.33. The summed E-state index contributed by atoms with van der Waals surface area (Å²) < 4.78 is 2.17. The molecule has 1 amide bonds. The third-order valence-corrected chi connectivity index (χ3v) is 6.21. The molecule has 0 aromatic heterocycles. The van der Waals surface area contributed by atoms with Gasteiger partial charge < -0.3 is 5.32 Å². The maximum absolute atomic E-state index is 11.9. The Morgan fingerprint density at radius 3 is 2.68 bits per heavy atom. The molecule has 3 rings (SSSR count). The van der Waals surface area contributed by atoms with Crippen LogP contribution in [0.2, 0.25) is 0 Å². The van der Waals surface area contributed by atoms with E-state index >= 15 is 0 Å². The fraction of sp³-hybridized carbons (Fsp3) is 0.190. The highest BCUT2D eigenvalue weighted by molar-refractivity contribution is 9.13. The third kappa shape index (κ3) is 4.93. The molecule has 0 bridgehead atoms. The van der Waals surface area contributed by atoms with Crippen molar-refractivity contribution in [1.29, 1.82) is 0 Å². The van der Waals surface area contributed by atoms with Crippen LogP contribution in [0.3, 0.4) is 0 Å². The highest BCUT2D eigenvalue weighted by Gasteiger charge is 2.35. The molecule has 1 saturated carbocycles. The normalized spacial score (nSPS) is 19.5. The van der Waals surface area contributed by atoms with Crippen molar-refractivity contribution in [2.75, 3.05) is 5.32 Å². The van der Waals surface area contributed by atoms with Gasteiger partial charge >= 0.3 is 0 Å². The number of carbonyl (C=O) groups is 1. The number of halogens is 2. The van der Waals surface area contributed by atoms with Crippen LogP contribution in [-0.4, -0.2) is 5.91 Å². The molecule has 1 aliphatic carbocycles. The van der Waals surface area contributed by atoms with E-state index in [1.807, 2.05) is 37.3 Å². The van der Waals surface area contributed by atoms with E-state index in [0.29, 0.717) is 11.8 Å². The van der Waals surface area contributed by atoms with Gasteiger partial charge in [0.1, 0.15) is 0 Å². The number of para-hydroxylation sites is 1. The van der Waals surface area contributed by atoms with Crippen LogP contribution in [0.4, 0.5) is 5.69 Å². The van der Waals surface area contributed by atoms with Gasteiger partial charge in [0.25, 0.3) is 0 Å². The number of amides is 1. The first-order chi connectivity index (χ1) is 12.0. The Morgan fingerprint density at radius 1 is 1.12 bits per heavy atom. The number of rotatable bonds is 5. The van der Waals surface area contributed by atoms with Crippen LogP contribution in [0.15, 0.2) is 75.7 Å². The van der Waals surface area contributed by atoms with Crippen LogP contribution in [0.5, 0.6) is 0 Å². The van der Waals surface area contributed by atoms with Crippen molar-refractivity contribution in [3.63, 3.8) is 0 Å². The summed E-state index contributed by atoms with van der Waals surface area (Å²) in [5.41, 5.74) is 3.26. The van der Waals surface area contributed by atoms with E-state index in [-0.39, 0.29) is 5.91 Å². The minimum atomic E-state index is -0.108. The molecule has 0 heterocycles. The number of hydrogen-bond donors (Lipinski definition) is 1. The zero-order chi connectivity index (χ0) is 17.8. The monoisotopic (exact) mass is 459 g/mol. The second kappa shape index (κ2) is 8.15. The molecule has 2 aromatic carbocycles. The Bertz CT molecular complexity index is 842. The average molecular weight is 461 g/mol. The van der Waals surface area contributed by atoms with Crippen molar-refractivity contribution < 1.29 is 4.79 Å². The van der Waals surface area contributed by atoms with Gasteiger partial charge in [-0.15, -0.1) is 0 Å². The predicted molar refractivity (Wildman–Crippen MR) is 111 cm³/mol. The molecule has 0 aliphatic heterocycles. The fourth-order valence-corrected chi connectivity index (χ4v) is 3.43. The fourth-order valence-electron chi connectivity index (χ4n) is 2.79. The van der Waals surface area contributed by atoms with Crippen LogP contribution >= 0.6 is 31.9 Å². The Labute approximate surface area is 165 Å². The summed E-state index contributed by atoms with van der Waals surface area (Å²) in [5.74, 6) is 1.02. The van der Waals surface area contributed by atoms with Gasteiger partial charge in [-0.2, -0.15) is 0 Å². The van der Waals surface area contributed by atoms with Gasteiger partial charge in [0.05, 0.1) is 0 Å². The molecular formula is C21H19Br2NO. The van der Waals surface area contributed by atoms with Gasteiger partial charge in [0.15, 0.2) is 0 Å². The molecule has 2 nitrogen and oxygen atoms in total. The Morgan fingerprint density at radius 2 is 1.92 bits per heavy atom. The number of hydrogen-bond acceptors (Lipinski definition) is 1. The number of nitrogens with one attached hydrogen (secondary N) is 1. The Balaban J connectivity index is 1.50. The Kier molecular flexibility index (Phi) is 5.92. The largest absolute Gasteiger partial charge is 0.322 e. The van der Waals surface area contributed by atoms with E-state index in [1.165, 1.54) is 5.56 Å². The van der Waals surface area contributed by atoms with Gasteiger partial charge in [-0.25, -0.2) is 0 Å². The summed E-state index contributed by atoms with van der Waals surface area (Å²) in [6.07, 6.45) is 8.68. The maximum Gasteiger partial charge on any atom is 0.248 e. The van der Waals surface area contributed by atoms with E-state index in [0.717, 1.165) is 26.6 Å². The molecule has 1 aliphatic rings. The van der Waals surface area contributed by atoms with E-state index in [4.69, 9.17) is 0 Å². The number of anilines is 1. The first-order valence-electron chi connectivity index (χ1n) is 8.21. The van der Waals surface area contributed by atoms with Gasteiger partial charge in [-0.3, -0.25) is 4.79 Å². The molecular weight excluding hydrogens is 442 g/mol. The second-order valence-corrected chi connectivity index (χ2v) is 7.94. The minimum absolute atomic E-state index is 0.108. The molecule has 25 heavy (non-hydrogen) atoms. The van der Waals surface area contributed by atoms with Gasteiger partial charge in [-0.1, -0.05) is 42.5 Å². The van der Waals surface area contributed by atoms with Crippen molar-refractivity contribution in [3.8, 4) is 0 Å². The summed E-state index contributed by atoms with van der Waals surface area (Å²) in [5, 5.41) is 2.89. The minimum Gasteiger partial charge on any atom is -0.322 e. The zero-order valence-electron chi connectivity index (χ0n) is 13.9. The molecule has 2 atom stereocenters. The number of allylic oxidation sites excluding steroid dienone is 3. The van der Waals surface area contributed by atoms with Crippen molar-refractivity contribution in [2.24, 2.45) is 5.92 Å². The van der Waals surface area contributed by atoms with Crippen molar-refractivity contribution in [2.45, 2.75) is 19.3 Å². The van der Waals surface area contributed by atoms with Gasteiger partial charge in [0.2, 0.25) is 5.91 Å². The topological polar surface area (TPSA) is 29.1 Å². The number of benzene rings is 2. The lowest BCUT2D eigenvalue weighted by Crippen LogP contribution is -2.08. The van der Waals surface area contributed by atoms with Gasteiger partial charge in [0, 0.05) is 20.7 Å². The van der Waals surface area contributed by atoms with Crippen LogP contribution in [0, 0.1) is 12.8 Å². The summed E-state index contributed by atoms with van der Waals surface area (Å²) in [6.45, 7) is 1.98. The summed E-state index contributed by atoms with van der Waals surface area (Å²) >= 11 is 7.05. The summed E-state index contributed by atoms with van der Waals surface area (Å²) in [4.78, 5) is 11.9. The smallest absolute Gasteiger partial charge is 0.248 e. The lowest BCUT2D eigenvalue weighted by molar-refractivity contribution is -0.111. The maximum atomic E-state index is 11.9. The number of carbonyl (C=O) groups excluding carboxylic acids is 1. The van der Waals surface area contributed by atoms with E-state index in [9.17, 15) is 4.79 Å². The van der Waals surface area contributed by atoms with Crippen LogP contribution < -0.4 is 5.32 Å². The average Bonchev–Trinajstić information content (AvgIpc) is 3.36. The highest BCUT2D eigenvalue weighted by Crippen LogP contribution is 2.49. The lowest BCUT2D eigenvalue weighted by Gasteiger charge is -2.04. The van der Waals surface area contributed by atoms with Crippen LogP contribution in [0.1, 0.15) is 23.5 Å². The predicted octanol–water partition coefficient (Wildman–Crippen LogP) is 6.37. The van der Waals surface area contributed by atoms with Crippen molar-refractivity contribution in [1.82, 2.24) is 0 Å². The number of aryl methyl sites for hydroxylation is 1. The molecule has 0 unspecified atom stereocenters. The SMILES string of the molecule is Cc1ccccc1NC(=O)/C=C/C=C/[C@@H]1C[C@H]1c1ccc(Br)c(Br)c1. The zero-order valence-corrected chi connectivity index (χ0v) is 17.0. The van der Waals surface area contributed by atoms with Crippen LogP contribution in [-0.2, 0) is 4.79 Å². The standard InChI is InChI=1S/C21H19Br2NO/c1-14-6-2-4-8-20(14)24-21(25)9-5-3-7-15-12-17(15)16-10-11-18(22)19(23)13-16/h2-11,13,15,17H,12H2,1H3,(H,24,25)/b7-3+,9-5+/t15-,17-/m1/s1. The second-order valence-electron chi connectivity index (χ2n) is 6.23. The molecule has 0 saturated heterocycles. The van der Waals surface area contributed by atoms with E-state index in [2.05, 4.69) is 61.5 Å². The molecule has 128 valence electrons. The first kappa shape index (κ1) is 18.2. The van der Waals surface area contributed by atoms with E-state index < -0.39 is 0 Å². The molecule has 0 spiro atoms. The van der Waals surface area contributed by atoms with Crippen molar-refractivity contribution >= 4 is 43.5 Å². The molecule has 2 aromatic rings. The summed E-state index contributed by atoms with van der Waals surface area (Å²) in [7, 11) is 0. The highest BCUT2D eigenvalue weighted by atomic mass is 79.9. The Hall–Kier alpha value is -1.65. The molecule has 4 heteroatoms. The molecule has 0 radical (unpaired) electrons. The van der Waals surface area contributed by atoms with Gasteiger partial charge in [-0.05, 0) is 86.4 Å².